The lowest BCUT2D eigenvalue weighted by Crippen LogP contribution is -2.16. The van der Waals surface area contributed by atoms with E-state index in [9.17, 15) is 4.79 Å². The lowest BCUT2D eigenvalue weighted by Gasteiger charge is -2.07. The number of benzene rings is 1. The van der Waals surface area contributed by atoms with Crippen molar-refractivity contribution in [1.82, 2.24) is 14.8 Å². The summed E-state index contributed by atoms with van der Waals surface area (Å²) in [6, 6.07) is 6.07. The maximum atomic E-state index is 11.5. The predicted molar refractivity (Wildman–Crippen MR) is 71.7 cm³/mol. The molecule has 1 aromatic heterocycles. The molecule has 0 aliphatic carbocycles. The topological polar surface area (TPSA) is 76.7 Å². The van der Waals surface area contributed by atoms with Gasteiger partial charge in [0.15, 0.2) is 5.16 Å². The summed E-state index contributed by atoms with van der Waals surface area (Å²) >= 11 is 1.49. The number of hydrogen-bond donors (Lipinski definition) is 2. The molecular weight excluding hydrogens is 248 g/mol. The lowest BCUT2D eigenvalue weighted by atomic mass is 10.1. The number of H-pyrrole nitrogens is 1. The summed E-state index contributed by atoms with van der Waals surface area (Å²) in [5.74, 6) is 0. The van der Waals surface area contributed by atoms with E-state index in [1.807, 2.05) is 26.0 Å². The molecule has 0 amide bonds. The van der Waals surface area contributed by atoms with Gasteiger partial charge in [-0.1, -0.05) is 12.1 Å². The molecule has 0 fully saturated rings. The summed E-state index contributed by atoms with van der Waals surface area (Å²) in [4.78, 5) is 12.5. The molecule has 1 heterocycles. The second-order valence-electron chi connectivity index (χ2n) is 3.96. The Balaban J connectivity index is 2.31. The van der Waals surface area contributed by atoms with Crippen LogP contribution in [0.25, 0.3) is 0 Å². The van der Waals surface area contributed by atoms with Gasteiger partial charge in [-0.05, 0) is 42.8 Å². The van der Waals surface area contributed by atoms with Crippen molar-refractivity contribution >= 4 is 11.8 Å². The van der Waals surface area contributed by atoms with E-state index in [1.165, 1.54) is 11.8 Å². The van der Waals surface area contributed by atoms with Crippen LogP contribution in [0, 0.1) is 6.92 Å². The molecule has 2 rings (SSSR count). The summed E-state index contributed by atoms with van der Waals surface area (Å²) in [7, 11) is 0. The Morgan fingerprint density at radius 2 is 2.28 bits per heavy atom. The van der Waals surface area contributed by atoms with E-state index in [2.05, 4.69) is 16.3 Å². The minimum absolute atomic E-state index is 0.170. The van der Waals surface area contributed by atoms with Gasteiger partial charge < -0.3 is 5.73 Å². The molecule has 0 saturated carbocycles. The van der Waals surface area contributed by atoms with Gasteiger partial charge in [0.05, 0.1) is 0 Å². The highest BCUT2D eigenvalue weighted by molar-refractivity contribution is 7.99. The Bertz CT molecular complexity index is 602. The van der Waals surface area contributed by atoms with Crippen molar-refractivity contribution in [2.45, 2.75) is 37.0 Å². The molecular formula is C12H16N4OS. The van der Waals surface area contributed by atoms with Gasteiger partial charge in [-0.25, -0.2) is 9.89 Å². The zero-order chi connectivity index (χ0) is 13.1. The largest absolute Gasteiger partial charge is 0.343 e. The van der Waals surface area contributed by atoms with Gasteiger partial charge >= 0.3 is 5.69 Å². The molecule has 0 aliphatic rings. The Hall–Kier alpha value is -1.53. The van der Waals surface area contributed by atoms with Crippen LogP contribution in [-0.2, 0) is 13.1 Å². The van der Waals surface area contributed by atoms with Crippen molar-refractivity contribution in [3.63, 3.8) is 0 Å². The molecule has 0 unspecified atom stereocenters. The number of aromatic nitrogens is 3. The second kappa shape index (κ2) is 5.41. The van der Waals surface area contributed by atoms with Crippen LogP contribution >= 0.6 is 11.8 Å². The van der Waals surface area contributed by atoms with Crippen molar-refractivity contribution < 1.29 is 0 Å². The van der Waals surface area contributed by atoms with Crippen LogP contribution < -0.4 is 11.4 Å². The SMILES string of the molecule is CCn1c(Sc2ccc(CN)cc2C)n[nH]c1=O. The maximum absolute atomic E-state index is 11.5. The molecule has 3 N–H and O–H groups in total. The summed E-state index contributed by atoms with van der Waals surface area (Å²) in [6.45, 7) is 5.10. The first-order valence-corrected chi connectivity index (χ1v) is 6.60. The molecule has 96 valence electrons. The number of nitrogens with one attached hydrogen (secondary N) is 1. The van der Waals surface area contributed by atoms with Crippen molar-refractivity contribution in [2.75, 3.05) is 0 Å². The van der Waals surface area contributed by atoms with Crippen LogP contribution in [0.15, 0.2) is 33.0 Å². The van der Waals surface area contributed by atoms with Gasteiger partial charge in [-0.3, -0.25) is 4.57 Å². The third kappa shape index (κ3) is 2.49. The third-order valence-corrected chi connectivity index (χ3v) is 3.89. The van der Waals surface area contributed by atoms with E-state index >= 15 is 0 Å². The minimum atomic E-state index is -0.170. The molecule has 0 radical (unpaired) electrons. The Morgan fingerprint density at radius 3 is 2.89 bits per heavy atom. The highest BCUT2D eigenvalue weighted by Gasteiger charge is 2.10. The predicted octanol–water partition coefficient (Wildman–Crippen LogP) is 1.51. The van der Waals surface area contributed by atoms with E-state index in [4.69, 9.17) is 5.73 Å². The van der Waals surface area contributed by atoms with E-state index in [1.54, 1.807) is 4.57 Å². The quantitative estimate of drug-likeness (QED) is 0.877. The molecule has 0 aliphatic heterocycles. The van der Waals surface area contributed by atoms with Crippen molar-refractivity contribution in [2.24, 2.45) is 5.73 Å². The highest BCUT2D eigenvalue weighted by Crippen LogP contribution is 2.28. The van der Waals surface area contributed by atoms with E-state index < -0.39 is 0 Å². The fraction of sp³-hybridized carbons (Fsp3) is 0.333. The van der Waals surface area contributed by atoms with E-state index in [-0.39, 0.29) is 5.69 Å². The summed E-state index contributed by atoms with van der Waals surface area (Å²) in [5, 5.41) is 7.18. The minimum Gasteiger partial charge on any atom is -0.326 e. The molecule has 0 bridgehead atoms. The van der Waals surface area contributed by atoms with Crippen LogP contribution in [0.2, 0.25) is 0 Å². The molecule has 6 heteroatoms. The van der Waals surface area contributed by atoms with Crippen LogP contribution in [0.5, 0.6) is 0 Å². The first kappa shape index (κ1) is 12.9. The number of nitrogens with zero attached hydrogens (tertiary/aromatic N) is 2. The Kier molecular flexibility index (Phi) is 3.88. The fourth-order valence-corrected chi connectivity index (χ4v) is 2.68. The van der Waals surface area contributed by atoms with Gasteiger partial charge in [0.2, 0.25) is 0 Å². The second-order valence-corrected chi connectivity index (χ2v) is 4.97. The number of aryl methyl sites for hydroxylation is 1. The standard InChI is InChI=1S/C12H16N4OS/c1-3-16-11(17)14-15-12(16)18-10-5-4-9(7-13)6-8(10)2/h4-6H,3,7,13H2,1-2H3,(H,14,17). The zero-order valence-electron chi connectivity index (χ0n) is 10.4. The Labute approximate surface area is 109 Å². The average Bonchev–Trinajstić information content (AvgIpc) is 2.72. The first-order valence-electron chi connectivity index (χ1n) is 5.78. The van der Waals surface area contributed by atoms with Crippen LogP contribution in [0.4, 0.5) is 0 Å². The average molecular weight is 264 g/mol. The normalized spacial score (nSPS) is 10.8. The number of nitrogens with two attached hydrogens (primary N) is 1. The van der Waals surface area contributed by atoms with Gasteiger partial charge in [-0.15, -0.1) is 5.10 Å². The summed E-state index contributed by atoms with van der Waals surface area (Å²) in [6.07, 6.45) is 0. The number of hydrogen-bond acceptors (Lipinski definition) is 4. The molecule has 0 spiro atoms. The number of aromatic amines is 1. The van der Waals surface area contributed by atoms with Gasteiger partial charge in [0.25, 0.3) is 0 Å². The monoisotopic (exact) mass is 264 g/mol. The van der Waals surface area contributed by atoms with Gasteiger partial charge in [0.1, 0.15) is 0 Å². The van der Waals surface area contributed by atoms with E-state index in [0.29, 0.717) is 18.2 Å². The molecule has 1 aromatic carbocycles. The molecule has 0 saturated heterocycles. The molecule has 18 heavy (non-hydrogen) atoms. The molecule has 0 atom stereocenters. The van der Waals surface area contributed by atoms with Gasteiger partial charge in [-0.2, -0.15) is 0 Å². The fourth-order valence-electron chi connectivity index (χ4n) is 1.71. The van der Waals surface area contributed by atoms with Crippen molar-refractivity contribution in [3.8, 4) is 0 Å². The zero-order valence-corrected chi connectivity index (χ0v) is 11.3. The smallest absolute Gasteiger partial charge is 0.326 e. The van der Waals surface area contributed by atoms with Crippen LogP contribution in [-0.4, -0.2) is 14.8 Å². The van der Waals surface area contributed by atoms with Crippen molar-refractivity contribution in [1.29, 1.82) is 0 Å². The number of rotatable bonds is 4. The van der Waals surface area contributed by atoms with Crippen molar-refractivity contribution in [3.05, 3.63) is 39.8 Å². The third-order valence-electron chi connectivity index (χ3n) is 2.72. The first-order chi connectivity index (χ1) is 8.65. The van der Waals surface area contributed by atoms with E-state index in [0.717, 1.165) is 16.0 Å². The summed E-state index contributed by atoms with van der Waals surface area (Å²) < 4.78 is 1.61. The maximum Gasteiger partial charge on any atom is 0.343 e. The summed E-state index contributed by atoms with van der Waals surface area (Å²) in [5.41, 5.74) is 7.67. The highest BCUT2D eigenvalue weighted by atomic mass is 32.2. The van der Waals surface area contributed by atoms with Crippen LogP contribution in [0.1, 0.15) is 18.1 Å². The Morgan fingerprint density at radius 1 is 1.50 bits per heavy atom. The molecule has 5 nitrogen and oxygen atoms in total. The lowest BCUT2D eigenvalue weighted by molar-refractivity contribution is 0.660. The van der Waals surface area contributed by atoms with Crippen LogP contribution in [0.3, 0.4) is 0 Å². The molecule has 2 aromatic rings. The van der Waals surface area contributed by atoms with Gasteiger partial charge in [0, 0.05) is 18.0 Å².